The Kier molecular flexibility index (Phi) is 1.99. The average Bonchev–Trinajstić information content (AvgIpc) is 2.86. The van der Waals surface area contributed by atoms with E-state index in [1.807, 2.05) is 6.92 Å². The van der Waals surface area contributed by atoms with Crippen molar-refractivity contribution in [2.75, 3.05) is 0 Å². The zero-order chi connectivity index (χ0) is 8.60. The molecule has 1 fully saturated rings. The third-order valence-corrected chi connectivity index (χ3v) is 3.65. The van der Waals surface area contributed by atoms with Crippen LogP contribution in [0.1, 0.15) is 39.0 Å². The molecule has 1 nitrogen and oxygen atoms in total. The summed E-state index contributed by atoms with van der Waals surface area (Å²) in [5.74, 6) is 0.672. The Labute approximate surface area is 74.5 Å². The van der Waals surface area contributed by atoms with E-state index in [9.17, 15) is 5.11 Å². The van der Waals surface area contributed by atoms with Crippen molar-refractivity contribution in [1.29, 1.82) is 0 Å². The maximum atomic E-state index is 9.66. The Morgan fingerprint density at radius 1 is 1.50 bits per heavy atom. The molecule has 2 aliphatic rings. The molecule has 2 atom stereocenters. The zero-order valence-corrected chi connectivity index (χ0v) is 7.79. The minimum Gasteiger partial charge on any atom is -0.393 e. The Morgan fingerprint density at radius 3 is 2.67 bits per heavy atom. The highest BCUT2D eigenvalue weighted by Crippen LogP contribution is 2.57. The van der Waals surface area contributed by atoms with Crippen molar-refractivity contribution in [3.63, 3.8) is 0 Å². The minimum absolute atomic E-state index is 0.106. The third kappa shape index (κ3) is 1.20. The van der Waals surface area contributed by atoms with Crippen LogP contribution in [0.5, 0.6) is 0 Å². The average molecular weight is 166 g/mol. The lowest BCUT2D eigenvalue weighted by molar-refractivity contribution is 0.0785. The van der Waals surface area contributed by atoms with E-state index in [2.05, 4.69) is 12.2 Å². The van der Waals surface area contributed by atoms with Crippen LogP contribution in [-0.2, 0) is 0 Å². The van der Waals surface area contributed by atoms with Gasteiger partial charge in [-0.25, -0.2) is 0 Å². The Morgan fingerprint density at radius 2 is 2.25 bits per heavy atom. The van der Waals surface area contributed by atoms with Crippen LogP contribution >= 0.6 is 0 Å². The fraction of sp³-hybridized carbons (Fsp3) is 0.818. The van der Waals surface area contributed by atoms with Crippen LogP contribution in [0.2, 0.25) is 0 Å². The summed E-state index contributed by atoms with van der Waals surface area (Å²) in [4.78, 5) is 0. The SMILES string of the molecule is CC(O)C1(C2C=CCCC2)CC1. The fourth-order valence-corrected chi connectivity index (χ4v) is 2.53. The van der Waals surface area contributed by atoms with Gasteiger partial charge in [-0.15, -0.1) is 0 Å². The standard InChI is InChI=1S/C11H18O/c1-9(12)11(7-8-11)10-5-3-2-4-6-10/h3,5,9-10,12H,2,4,6-8H2,1H3. The molecule has 1 N–H and O–H groups in total. The minimum atomic E-state index is -0.106. The number of hydrogen-bond acceptors (Lipinski definition) is 1. The summed E-state index contributed by atoms with van der Waals surface area (Å²) in [5, 5.41) is 9.66. The molecule has 2 unspecified atom stereocenters. The highest BCUT2D eigenvalue weighted by molar-refractivity contribution is 5.10. The molecule has 0 heterocycles. The summed E-state index contributed by atoms with van der Waals surface area (Å²) in [6.07, 6.45) is 10.8. The van der Waals surface area contributed by atoms with Crippen molar-refractivity contribution < 1.29 is 5.11 Å². The Hall–Kier alpha value is -0.300. The molecule has 0 spiro atoms. The van der Waals surface area contributed by atoms with Gasteiger partial charge in [0.25, 0.3) is 0 Å². The summed E-state index contributed by atoms with van der Waals surface area (Å²) in [6.45, 7) is 1.95. The van der Waals surface area contributed by atoms with Gasteiger partial charge in [0.15, 0.2) is 0 Å². The van der Waals surface area contributed by atoms with Gasteiger partial charge in [0, 0.05) is 5.41 Å². The molecule has 0 bridgehead atoms. The number of rotatable bonds is 2. The van der Waals surface area contributed by atoms with Crippen molar-refractivity contribution in [1.82, 2.24) is 0 Å². The van der Waals surface area contributed by atoms with Gasteiger partial charge < -0.3 is 5.11 Å². The summed E-state index contributed by atoms with van der Waals surface area (Å²) < 4.78 is 0. The van der Waals surface area contributed by atoms with Gasteiger partial charge in [-0.2, -0.15) is 0 Å². The molecule has 0 aliphatic heterocycles. The molecule has 0 amide bonds. The molecule has 12 heavy (non-hydrogen) atoms. The van der Waals surface area contributed by atoms with Crippen molar-refractivity contribution in [3.8, 4) is 0 Å². The molecular formula is C11H18O. The second-order valence-corrected chi connectivity index (χ2v) is 4.37. The van der Waals surface area contributed by atoms with E-state index in [4.69, 9.17) is 0 Å². The number of allylic oxidation sites excluding steroid dienone is 2. The predicted octanol–water partition coefficient (Wildman–Crippen LogP) is 2.50. The molecule has 68 valence electrons. The van der Waals surface area contributed by atoms with E-state index in [1.54, 1.807) is 0 Å². The van der Waals surface area contributed by atoms with Crippen LogP contribution in [-0.4, -0.2) is 11.2 Å². The van der Waals surface area contributed by atoms with Crippen LogP contribution in [0.15, 0.2) is 12.2 Å². The molecule has 1 heteroatoms. The van der Waals surface area contributed by atoms with E-state index in [0.29, 0.717) is 5.92 Å². The largest absolute Gasteiger partial charge is 0.393 e. The molecule has 0 aromatic rings. The summed E-state index contributed by atoms with van der Waals surface area (Å²) in [6, 6.07) is 0. The highest BCUT2D eigenvalue weighted by Gasteiger charge is 2.51. The van der Waals surface area contributed by atoms with Crippen LogP contribution < -0.4 is 0 Å². The maximum Gasteiger partial charge on any atom is 0.0573 e. The summed E-state index contributed by atoms with van der Waals surface area (Å²) in [7, 11) is 0. The van der Waals surface area contributed by atoms with E-state index in [1.165, 1.54) is 32.1 Å². The summed E-state index contributed by atoms with van der Waals surface area (Å²) >= 11 is 0. The first-order valence-corrected chi connectivity index (χ1v) is 5.10. The van der Waals surface area contributed by atoms with Gasteiger partial charge >= 0.3 is 0 Å². The van der Waals surface area contributed by atoms with E-state index in [-0.39, 0.29) is 11.5 Å². The van der Waals surface area contributed by atoms with Crippen molar-refractivity contribution in [2.24, 2.45) is 11.3 Å². The van der Waals surface area contributed by atoms with Crippen LogP contribution in [0.3, 0.4) is 0 Å². The Bertz CT molecular complexity index is 189. The lowest BCUT2D eigenvalue weighted by Crippen LogP contribution is -2.27. The maximum absolute atomic E-state index is 9.66. The van der Waals surface area contributed by atoms with Crippen molar-refractivity contribution in [2.45, 2.75) is 45.1 Å². The first-order valence-electron chi connectivity index (χ1n) is 5.10. The van der Waals surface area contributed by atoms with E-state index < -0.39 is 0 Å². The zero-order valence-electron chi connectivity index (χ0n) is 7.79. The van der Waals surface area contributed by atoms with Crippen LogP contribution in [0.25, 0.3) is 0 Å². The topological polar surface area (TPSA) is 20.2 Å². The Balaban J connectivity index is 2.07. The first-order chi connectivity index (χ1) is 5.76. The van der Waals surface area contributed by atoms with Gasteiger partial charge in [0.2, 0.25) is 0 Å². The van der Waals surface area contributed by atoms with Crippen molar-refractivity contribution >= 4 is 0 Å². The van der Waals surface area contributed by atoms with Crippen molar-refractivity contribution in [3.05, 3.63) is 12.2 Å². The van der Waals surface area contributed by atoms with Gasteiger partial charge in [0.1, 0.15) is 0 Å². The summed E-state index contributed by atoms with van der Waals surface area (Å²) in [5.41, 5.74) is 0.289. The smallest absolute Gasteiger partial charge is 0.0573 e. The molecule has 2 rings (SSSR count). The second-order valence-electron chi connectivity index (χ2n) is 4.37. The van der Waals surface area contributed by atoms with Gasteiger partial charge in [-0.1, -0.05) is 12.2 Å². The van der Waals surface area contributed by atoms with E-state index in [0.717, 1.165) is 0 Å². The molecular weight excluding hydrogens is 148 g/mol. The lowest BCUT2D eigenvalue weighted by Gasteiger charge is -2.28. The highest BCUT2D eigenvalue weighted by atomic mass is 16.3. The molecule has 0 aromatic carbocycles. The molecule has 0 saturated heterocycles. The number of hydrogen-bond donors (Lipinski definition) is 1. The molecule has 1 saturated carbocycles. The quantitative estimate of drug-likeness (QED) is 0.625. The monoisotopic (exact) mass is 166 g/mol. The van der Waals surface area contributed by atoms with Crippen LogP contribution in [0.4, 0.5) is 0 Å². The van der Waals surface area contributed by atoms with E-state index >= 15 is 0 Å². The second kappa shape index (κ2) is 2.88. The lowest BCUT2D eigenvalue weighted by atomic mass is 9.79. The van der Waals surface area contributed by atoms with Gasteiger partial charge in [-0.3, -0.25) is 0 Å². The van der Waals surface area contributed by atoms with Gasteiger partial charge in [0.05, 0.1) is 6.10 Å². The molecule has 2 aliphatic carbocycles. The number of aliphatic hydroxyl groups is 1. The predicted molar refractivity (Wildman–Crippen MR) is 49.8 cm³/mol. The molecule has 0 radical (unpaired) electrons. The number of aliphatic hydroxyl groups excluding tert-OH is 1. The molecule has 0 aromatic heterocycles. The van der Waals surface area contributed by atoms with Gasteiger partial charge in [-0.05, 0) is 44.9 Å². The van der Waals surface area contributed by atoms with Crippen LogP contribution in [0, 0.1) is 11.3 Å². The fourth-order valence-electron chi connectivity index (χ4n) is 2.53. The third-order valence-electron chi connectivity index (χ3n) is 3.65. The first kappa shape index (κ1) is 8.31. The normalized spacial score (nSPS) is 34.7.